The molecule has 0 bridgehead atoms. The molecule has 0 radical (unpaired) electrons. The first-order valence-electron chi connectivity index (χ1n) is 10.3. The van der Waals surface area contributed by atoms with Crippen molar-refractivity contribution in [2.24, 2.45) is 0 Å². The van der Waals surface area contributed by atoms with Crippen molar-refractivity contribution in [3.63, 3.8) is 0 Å². The van der Waals surface area contributed by atoms with Gasteiger partial charge in [-0.05, 0) is 38.8 Å². The number of unbranched alkanes of at least 4 members (excludes halogenated alkanes) is 2. The number of carbonyl (C=O) groups is 4. The molecule has 0 aromatic heterocycles. The quantitative estimate of drug-likeness (QED) is 0.283. The van der Waals surface area contributed by atoms with Crippen LogP contribution >= 0.6 is 0 Å². The van der Waals surface area contributed by atoms with Crippen LogP contribution in [0.5, 0.6) is 0 Å². The minimum atomic E-state index is -0.811. The highest BCUT2D eigenvalue weighted by atomic mass is 16.5. The highest BCUT2D eigenvalue weighted by molar-refractivity contribution is 6.10. The first kappa shape index (κ1) is 25.1. The average Bonchev–Trinajstić information content (AvgIpc) is 2.73. The summed E-state index contributed by atoms with van der Waals surface area (Å²) >= 11 is 0. The number of ether oxygens (including phenoxy) is 4. The van der Waals surface area contributed by atoms with E-state index in [-0.39, 0.29) is 48.7 Å². The van der Waals surface area contributed by atoms with Gasteiger partial charge in [-0.1, -0.05) is 26.7 Å². The maximum atomic E-state index is 12.6. The fraction of sp³-hybridized carbons (Fsp3) is 0.545. The predicted octanol–water partition coefficient (Wildman–Crippen LogP) is 3.95. The van der Waals surface area contributed by atoms with Crippen LogP contribution in [0, 0.1) is 0 Å². The summed E-state index contributed by atoms with van der Waals surface area (Å²) in [6.45, 7) is 7.57. The van der Waals surface area contributed by atoms with Gasteiger partial charge in [0.05, 0.1) is 48.7 Å². The summed E-state index contributed by atoms with van der Waals surface area (Å²) in [5.74, 6) is -3.19. The zero-order valence-electron chi connectivity index (χ0n) is 18.1. The lowest BCUT2D eigenvalue weighted by atomic mass is 9.98. The molecule has 0 N–H and O–H groups in total. The summed E-state index contributed by atoms with van der Waals surface area (Å²) in [5.41, 5.74) is -0.682. The van der Waals surface area contributed by atoms with E-state index in [0.29, 0.717) is 12.8 Å². The van der Waals surface area contributed by atoms with Crippen LogP contribution in [0.25, 0.3) is 0 Å². The maximum absolute atomic E-state index is 12.6. The molecule has 0 saturated carbocycles. The van der Waals surface area contributed by atoms with E-state index in [1.54, 1.807) is 13.8 Å². The monoisotopic (exact) mass is 422 g/mol. The highest BCUT2D eigenvalue weighted by Gasteiger charge is 2.28. The molecular formula is C22H30O8. The summed E-state index contributed by atoms with van der Waals surface area (Å²) in [7, 11) is 0. The third kappa shape index (κ3) is 7.17. The Labute approximate surface area is 176 Å². The van der Waals surface area contributed by atoms with E-state index >= 15 is 0 Å². The average molecular weight is 422 g/mol. The molecule has 8 heteroatoms. The van der Waals surface area contributed by atoms with Crippen molar-refractivity contribution in [2.45, 2.75) is 53.4 Å². The summed E-state index contributed by atoms with van der Waals surface area (Å²) in [4.78, 5) is 50.0. The van der Waals surface area contributed by atoms with Crippen molar-refractivity contribution < 1.29 is 38.1 Å². The molecule has 1 aromatic carbocycles. The van der Waals surface area contributed by atoms with Crippen LogP contribution in [0.3, 0.4) is 0 Å². The molecule has 0 heterocycles. The second kappa shape index (κ2) is 13.3. The zero-order valence-corrected chi connectivity index (χ0v) is 18.1. The fourth-order valence-electron chi connectivity index (χ4n) is 2.47. The Bertz CT molecular complexity index is 691. The number of hydrogen-bond donors (Lipinski definition) is 0. The minimum absolute atomic E-state index is 0.0676. The van der Waals surface area contributed by atoms with E-state index < -0.39 is 23.9 Å². The van der Waals surface area contributed by atoms with Crippen LogP contribution in [-0.2, 0) is 18.9 Å². The first-order valence-corrected chi connectivity index (χ1v) is 10.3. The fourth-order valence-corrected chi connectivity index (χ4v) is 2.47. The van der Waals surface area contributed by atoms with Gasteiger partial charge >= 0.3 is 23.9 Å². The van der Waals surface area contributed by atoms with Gasteiger partial charge in [0, 0.05) is 0 Å². The van der Waals surface area contributed by atoms with Crippen LogP contribution < -0.4 is 0 Å². The SMILES string of the molecule is CCCCOC(=O)c1cc(C(=O)OCC)c(C(=O)OCC)cc1C(=O)OCCCC. The van der Waals surface area contributed by atoms with Crippen LogP contribution in [0.2, 0.25) is 0 Å². The second-order valence-electron chi connectivity index (χ2n) is 6.36. The van der Waals surface area contributed by atoms with Gasteiger partial charge in [0.15, 0.2) is 0 Å². The second-order valence-corrected chi connectivity index (χ2v) is 6.36. The Morgan fingerprint density at radius 1 is 0.567 bits per heavy atom. The van der Waals surface area contributed by atoms with Crippen molar-refractivity contribution in [3.05, 3.63) is 34.4 Å². The van der Waals surface area contributed by atoms with Crippen molar-refractivity contribution >= 4 is 23.9 Å². The number of hydrogen-bond acceptors (Lipinski definition) is 8. The zero-order chi connectivity index (χ0) is 22.5. The van der Waals surface area contributed by atoms with Gasteiger partial charge in [-0.2, -0.15) is 0 Å². The molecule has 0 unspecified atom stereocenters. The van der Waals surface area contributed by atoms with Crippen molar-refractivity contribution in [3.8, 4) is 0 Å². The summed E-state index contributed by atoms with van der Waals surface area (Å²) in [6.07, 6.45) is 2.92. The Balaban J connectivity index is 3.49. The molecule has 1 aromatic rings. The standard InChI is InChI=1S/C22H30O8/c1-5-9-11-29-21(25)17-13-15(19(23)27-7-3)16(20(24)28-8-4)14-18(17)22(26)30-12-10-6-2/h13-14H,5-12H2,1-4H3. The molecule has 8 nitrogen and oxygen atoms in total. The molecule has 1 rings (SSSR count). The number of rotatable bonds is 12. The molecule has 0 saturated heterocycles. The van der Waals surface area contributed by atoms with E-state index in [1.165, 1.54) is 0 Å². The molecule has 30 heavy (non-hydrogen) atoms. The smallest absolute Gasteiger partial charge is 0.339 e. The van der Waals surface area contributed by atoms with Gasteiger partial charge in [0.25, 0.3) is 0 Å². The number of benzene rings is 1. The van der Waals surface area contributed by atoms with Crippen LogP contribution in [0.15, 0.2) is 12.1 Å². The molecular weight excluding hydrogens is 392 g/mol. The molecule has 0 atom stereocenters. The maximum Gasteiger partial charge on any atom is 0.339 e. The van der Waals surface area contributed by atoms with Crippen LogP contribution in [-0.4, -0.2) is 50.3 Å². The number of carbonyl (C=O) groups excluding carboxylic acids is 4. The lowest BCUT2D eigenvalue weighted by Gasteiger charge is -2.14. The van der Waals surface area contributed by atoms with Crippen molar-refractivity contribution in [2.75, 3.05) is 26.4 Å². The Morgan fingerprint density at radius 2 is 0.867 bits per heavy atom. The van der Waals surface area contributed by atoms with Gasteiger partial charge in [0.2, 0.25) is 0 Å². The van der Waals surface area contributed by atoms with E-state index in [4.69, 9.17) is 18.9 Å². The van der Waals surface area contributed by atoms with Crippen LogP contribution in [0.4, 0.5) is 0 Å². The molecule has 166 valence electrons. The van der Waals surface area contributed by atoms with E-state index in [2.05, 4.69) is 0 Å². The number of esters is 4. The van der Waals surface area contributed by atoms with Gasteiger partial charge in [0.1, 0.15) is 0 Å². The van der Waals surface area contributed by atoms with E-state index in [0.717, 1.165) is 25.0 Å². The lowest BCUT2D eigenvalue weighted by molar-refractivity contribution is 0.0445. The Morgan fingerprint density at radius 3 is 1.13 bits per heavy atom. The minimum Gasteiger partial charge on any atom is -0.462 e. The molecule has 0 aliphatic rings. The molecule has 0 aliphatic carbocycles. The highest BCUT2D eigenvalue weighted by Crippen LogP contribution is 2.22. The van der Waals surface area contributed by atoms with Gasteiger partial charge < -0.3 is 18.9 Å². The lowest BCUT2D eigenvalue weighted by Crippen LogP contribution is -2.21. The molecule has 0 amide bonds. The molecule has 0 spiro atoms. The summed E-state index contributed by atoms with van der Waals surface area (Å²) in [6, 6.07) is 2.27. The summed E-state index contributed by atoms with van der Waals surface area (Å²) in [5, 5.41) is 0. The molecule has 0 aliphatic heterocycles. The van der Waals surface area contributed by atoms with Gasteiger partial charge in [-0.15, -0.1) is 0 Å². The van der Waals surface area contributed by atoms with Crippen molar-refractivity contribution in [1.82, 2.24) is 0 Å². The topological polar surface area (TPSA) is 105 Å². The van der Waals surface area contributed by atoms with Gasteiger partial charge in [-0.3, -0.25) is 0 Å². The predicted molar refractivity (Wildman–Crippen MR) is 109 cm³/mol. The van der Waals surface area contributed by atoms with Crippen LogP contribution in [0.1, 0.15) is 94.8 Å². The Hall–Kier alpha value is -2.90. The first-order chi connectivity index (χ1) is 14.4. The molecule has 0 fully saturated rings. The summed E-state index contributed by atoms with van der Waals surface area (Å²) < 4.78 is 20.4. The van der Waals surface area contributed by atoms with E-state index in [9.17, 15) is 19.2 Å². The largest absolute Gasteiger partial charge is 0.462 e. The normalized spacial score (nSPS) is 10.3. The van der Waals surface area contributed by atoms with Gasteiger partial charge in [-0.25, -0.2) is 19.2 Å². The Kier molecular flexibility index (Phi) is 11.2. The van der Waals surface area contributed by atoms with E-state index in [1.807, 2.05) is 13.8 Å². The third-order valence-electron chi connectivity index (χ3n) is 4.05. The third-order valence-corrected chi connectivity index (χ3v) is 4.05. The van der Waals surface area contributed by atoms with Crippen molar-refractivity contribution in [1.29, 1.82) is 0 Å².